The molecule has 1 aliphatic rings. The van der Waals surface area contributed by atoms with E-state index < -0.39 is 0 Å². The Bertz CT molecular complexity index is 994. The number of aryl methyl sites for hydroxylation is 1. The maximum absolute atomic E-state index is 13.2. The molecule has 27 heavy (non-hydrogen) atoms. The largest absolute Gasteiger partial charge is 0.507 e. The van der Waals surface area contributed by atoms with Crippen LogP contribution in [0.5, 0.6) is 5.75 Å². The number of para-hydroxylation sites is 1. The van der Waals surface area contributed by atoms with Gasteiger partial charge in [-0.2, -0.15) is 5.10 Å². The highest BCUT2D eigenvalue weighted by atomic mass is 16.3. The molecule has 1 atom stereocenters. The zero-order valence-corrected chi connectivity index (χ0v) is 15.0. The van der Waals surface area contributed by atoms with Crippen LogP contribution in [0.1, 0.15) is 39.5 Å². The van der Waals surface area contributed by atoms with Gasteiger partial charge in [0.15, 0.2) is 0 Å². The Labute approximate surface area is 158 Å². The Kier molecular flexibility index (Phi) is 4.47. The first-order valence-corrected chi connectivity index (χ1v) is 8.94. The van der Waals surface area contributed by atoms with Crippen LogP contribution < -0.4 is 0 Å². The number of benzene rings is 3. The highest BCUT2D eigenvalue weighted by Crippen LogP contribution is 2.35. The lowest BCUT2D eigenvalue weighted by Gasteiger charge is -2.22. The monoisotopic (exact) mass is 356 g/mol. The summed E-state index contributed by atoms with van der Waals surface area (Å²) in [4.78, 5) is 13.2. The molecule has 4 rings (SSSR count). The van der Waals surface area contributed by atoms with Gasteiger partial charge in [0.1, 0.15) is 5.75 Å². The van der Waals surface area contributed by atoms with Crippen molar-refractivity contribution in [1.29, 1.82) is 0 Å². The quantitative estimate of drug-likeness (QED) is 0.740. The van der Waals surface area contributed by atoms with E-state index in [2.05, 4.69) is 5.10 Å². The molecule has 0 fully saturated rings. The molecule has 1 aliphatic heterocycles. The maximum atomic E-state index is 13.2. The summed E-state index contributed by atoms with van der Waals surface area (Å²) in [7, 11) is 0. The molecule has 134 valence electrons. The molecule has 4 nitrogen and oxygen atoms in total. The van der Waals surface area contributed by atoms with Crippen molar-refractivity contribution in [2.24, 2.45) is 5.10 Å². The zero-order valence-electron chi connectivity index (χ0n) is 15.0. The Morgan fingerprint density at radius 3 is 2.33 bits per heavy atom. The van der Waals surface area contributed by atoms with E-state index in [0.29, 0.717) is 23.3 Å². The molecular formula is C23H20N2O2. The number of rotatable bonds is 3. The second kappa shape index (κ2) is 7.08. The van der Waals surface area contributed by atoms with E-state index in [1.54, 1.807) is 17.1 Å². The third kappa shape index (κ3) is 3.34. The number of hydrogen-bond acceptors (Lipinski definition) is 3. The predicted octanol–water partition coefficient (Wildman–Crippen LogP) is 4.69. The van der Waals surface area contributed by atoms with E-state index in [9.17, 15) is 9.90 Å². The first-order chi connectivity index (χ1) is 13.1. The molecule has 0 aliphatic carbocycles. The molecule has 0 radical (unpaired) electrons. The summed E-state index contributed by atoms with van der Waals surface area (Å²) in [5, 5.41) is 16.4. The third-order valence-electron chi connectivity index (χ3n) is 4.82. The number of carbonyl (C=O) groups is 1. The molecule has 3 aromatic rings. The molecule has 1 N–H and O–H groups in total. The summed E-state index contributed by atoms with van der Waals surface area (Å²) in [5.41, 5.74) is 4.10. The van der Waals surface area contributed by atoms with Crippen molar-refractivity contribution in [3.63, 3.8) is 0 Å². The van der Waals surface area contributed by atoms with Crippen molar-refractivity contribution in [2.45, 2.75) is 19.4 Å². The van der Waals surface area contributed by atoms with Crippen LogP contribution in [0.25, 0.3) is 0 Å². The molecule has 0 saturated carbocycles. The fourth-order valence-corrected chi connectivity index (χ4v) is 3.34. The first-order valence-electron chi connectivity index (χ1n) is 8.94. The molecule has 1 amide bonds. The van der Waals surface area contributed by atoms with Gasteiger partial charge in [-0.1, -0.05) is 60.2 Å². The summed E-state index contributed by atoms with van der Waals surface area (Å²) in [6.45, 7) is 1.99. The minimum absolute atomic E-state index is 0.144. The average Bonchev–Trinajstić information content (AvgIpc) is 3.14. The first kappa shape index (κ1) is 17.0. The zero-order chi connectivity index (χ0) is 18.8. The predicted molar refractivity (Wildman–Crippen MR) is 106 cm³/mol. The van der Waals surface area contributed by atoms with E-state index in [-0.39, 0.29) is 17.7 Å². The number of hydrogen-bond donors (Lipinski definition) is 1. The number of phenols is 1. The van der Waals surface area contributed by atoms with E-state index in [4.69, 9.17) is 0 Å². The molecule has 0 spiro atoms. The van der Waals surface area contributed by atoms with Gasteiger partial charge in [-0.3, -0.25) is 4.79 Å². The van der Waals surface area contributed by atoms with Gasteiger partial charge in [-0.15, -0.1) is 0 Å². The normalized spacial score (nSPS) is 16.3. The van der Waals surface area contributed by atoms with Gasteiger partial charge in [0, 0.05) is 17.5 Å². The number of phenolic OH excluding ortho intramolecular Hbond substituents is 1. The molecule has 0 aromatic heterocycles. The lowest BCUT2D eigenvalue weighted by Crippen LogP contribution is -2.27. The fourth-order valence-electron chi connectivity index (χ4n) is 3.34. The minimum atomic E-state index is -0.199. The Hall–Kier alpha value is -3.40. The summed E-state index contributed by atoms with van der Waals surface area (Å²) >= 11 is 0. The van der Waals surface area contributed by atoms with E-state index in [0.717, 1.165) is 11.1 Å². The van der Waals surface area contributed by atoms with E-state index >= 15 is 0 Å². The van der Waals surface area contributed by atoms with Gasteiger partial charge in [-0.25, -0.2) is 5.01 Å². The maximum Gasteiger partial charge on any atom is 0.274 e. The molecule has 0 bridgehead atoms. The van der Waals surface area contributed by atoms with Gasteiger partial charge in [0.25, 0.3) is 5.91 Å². The second-order valence-electron chi connectivity index (χ2n) is 6.71. The number of carbonyl (C=O) groups excluding carboxylic acids is 1. The number of aromatic hydroxyl groups is 1. The van der Waals surface area contributed by atoms with Crippen LogP contribution in [-0.2, 0) is 0 Å². The van der Waals surface area contributed by atoms with Gasteiger partial charge >= 0.3 is 0 Å². The summed E-state index contributed by atoms with van der Waals surface area (Å²) in [6.07, 6.45) is 0.555. The Balaban J connectivity index is 1.75. The number of nitrogens with zero attached hydrogens (tertiary/aromatic N) is 2. The standard InChI is InChI=1S/C23H20N2O2/c1-16-11-13-18(14-12-16)23(27)25-21(17-7-3-2-4-8-17)15-20(24-25)19-9-5-6-10-22(19)26/h2-14,21,26H,15H2,1H3. The summed E-state index contributed by atoms with van der Waals surface area (Å²) in [6, 6.07) is 24.3. The Morgan fingerprint density at radius 1 is 0.963 bits per heavy atom. The molecular weight excluding hydrogens is 336 g/mol. The molecule has 1 heterocycles. The van der Waals surface area contributed by atoms with Crippen molar-refractivity contribution in [3.05, 3.63) is 101 Å². The fraction of sp³-hybridized carbons (Fsp3) is 0.130. The van der Waals surface area contributed by atoms with Crippen molar-refractivity contribution >= 4 is 11.6 Å². The van der Waals surface area contributed by atoms with Crippen molar-refractivity contribution in [1.82, 2.24) is 5.01 Å². The van der Waals surface area contributed by atoms with Gasteiger partial charge in [0.2, 0.25) is 0 Å². The molecule has 1 unspecified atom stereocenters. The SMILES string of the molecule is Cc1ccc(C(=O)N2N=C(c3ccccc3O)CC2c2ccccc2)cc1. The highest BCUT2D eigenvalue weighted by Gasteiger charge is 2.34. The van der Waals surface area contributed by atoms with Crippen LogP contribution in [0.15, 0.2) is 84.0 Å². The van der Waals surface area contributed by atoms with Gasteiger partial charge < -0.3 is 5.11 Å². The summed E-state index contributed by atoms with van der Waals surface area (Å²) < 4.78 is 0. The summed E-state index contributed by atoms with van der Waals surface area (Å²) in [5.74, 6) is 0.0296. The van der Waals surface area contributed by atoms with Gasteiger partial charge in [0.05, 0.1) is 11.8 Å². The molecule has 3 aromatic carbocycles. The Morgan fingerprint density at radius 2 is 1.63 bits per heavy atom. The van der Waals surface area contributed by atoms with Crippen molar-refractivity contribution < 1.29 is 9.90 Å². The second-order valence-corrected chi connectivity index (χ2v) is 6.71. The van der Waals surface area contributed by atoms with Crippen molar-refractivity contribution in [2.75, 3.05) is 0 Å². The van der Waals surface area contributed by atoms with Gasteiger partial charge in [-0.05, 0) is 36.8 Å². The minimum Gasteiger partial charge on any atom is -0.507 e. The van der Waals surface area contributed by atoms with Crippen LogP contribution in [0, 0.1) is 6.92 Å². The van der Waals surface area contributed by atoms with E-state index in [1.807, 2.05) is 73.7 Å². The number of hydrazone groups is 1. The third-order valence-corrected chi connectivity index (χ3v) is 4.82. The molecule has 4 heteroatoms. The lowest BCUT2D eigenvalue weighted by atomic mass is 9.97. The topological polar surface area (TPSA) is 52.9 Å². The average molecular weight is 356 g/mol. The lowest BCUT2D eigenvalue weighted by molar-refractivity contribution is 0.0711. The van der Waals surface area contributed by atoms with Crippen LogP contribution in [-0.4, -0.2) is 21.7 Å². The van der Waals surface area contributed by atoms with Crippen LogP contribution in [0.3, 0.4) is 0 Å². The highest BCUT2D eigenvalue weighted by molar-refractivity contribution is 6.06. The van der Waals surface area contributed by atoms with Crippen LogP contribution >= 0.6 is 0 Å². The van der Waals surface area contributed by atoms with Crippen molar-refractivity contribution in [3.8, 4) is 5.75 Å². The molecule has 0 saturated heterocycles. The van der Waals surface area contributed by atoms with E-state index in [1.165, 1.54) is 0 Å². The van der Waals surface area contributed by atoms with Crippen LogP contribution in [0.4, 0.5) is 0 Å². The number of amides is 1. The van der Waals surface area contributed by atoms with Crippen LogP contribution in [0.2, 0.25) is 0 Å². The smallest absolute Gasteiger partial charge is 0.274 e.